The molecule has 26 heavy (non-hydrogen) atoms. The summed E-state index contributed by atoms with van der Waals surface area (Å²) in [4.78, 5) is 26.8. The minimum absolute atomic E-state index is 0.113. The van der Waals surface area contributed by atoms with Gasteiger partial charge >= 0.3 is 12.1 Å². The first-order valence-corrected chi connectivity index (χ1v) is 8.82. The maximum atomic E-state index is 12.8. The Balaban J connectivity index is 3.26. The largest absolute Gasteiger partial charge is 0.464 e. The lowest BCUT2D eigenvalue weighted by molar-refractivity contribution is -0.159. The van der Waals surface area contributed by atoms with Crippen LogP contribution in [0.5, 0.6) is 0 Å². The summed E-state index contributed by atoms with van der Waals surface area (Å²) in [7, 11) is 1.45. The Labute approximate surface area is 160 Å². The molecule has 1 amide bonds. The summed E-state index contributed by atoms with van der Waals surface area (Å²) < 4.78 is 15.9. The quantitative estimate of drug-likeness (QED) is 0.523. The molecule has 0 spiro atoms. The molecule has 0 aromatic heterocycles. The van der Waals surface area contributed by atoms with Gasteiger partial charge in [-0.1, -0.05) is 23.7 Å². The maximum absolute atomic E-state index is 12.8. The average Bonchev–Trinajstić information content (AvgIpc) is 2.53. The monoisotopic (exact) mass is 385 g/mol. The van der Waals surface area contributed by atoms with E-state index in [1.807, 2.05) is 0 Å². The fourth-order valence-corrected chi connectivity index (χ4v) is 2.53. The molecule has 0 heterocycles. The van der Waals surface area contributed by atoms with Crippen molar-refractivity contribution in [3.05, 3.63) is 34.9 Å². The lowest BCUT2D eigenvalue weighted by atomic mass is 9.91. The van der Waals surface area contributed by atoms with Crippen molar-refractivity contribution in [1.29, 1.82) is 0 Å². The molecule has 1 aromatic carbocycles. The van der Waals surface area contributed by atoms with Crippen LogP contribution in [0.4, 0.5) is 4.79 Å². The topological polar surface area (TPSA) is 65.1 Å². The van der Waals surface area contributed by atoms with Gasteiger partial charge < -0.3 is 14.2 Å². The van der Waals surface area contributed by atoms with Crippen molar-refractivity contribution in [1.82, 2.24) is 4.90 Å². The molecule has 0 aliphatic rings. The number of hydrogen-bond donors (Lipinski definition) is 0. The first kappa shape index (κ1) is 22.3. The number of amides is 1. The minimum Gasteiger partial charge on any atom is -0.464 e. The Morgan fingerprint density at radius 2 is 1.69 bits per heavy atom. The number of nitrogens with zero attached hydrogens (tertiary/aromatic N) is 1. The standard InChI is InChI=1S/C19H28ClNO5/c1-7-25-16(22)19(5,12-14-8-10-15(20)11-9-14)21(13-24-6)17(23)26-18(2,3)4/h8-11H,7,12-13H2,1-6H3/t19-/m0/s1. The van der Waals surface area contributed by atoms with Crippen molar-refractivity contribution in [2.24, 2.45) is 0 Å². The number of ether oxygens (including phenoxy) is 3. The first-order chi connectivity index (χ1) is 12.0. The van der Waals surface area contributed by atoms with E-state index >= 15 is 0 Å². The summed E-state index contributed by atoms with van der Waals surface area (Å²) in [6.45, 7) is 8.73. The molecule has 0 saturated heterocycles. The lowest BCUT2D eigenvalue weighted by Gasteiger charge is -2.39. The van der Waals surface area contributed by atoms with Crippen molar-refractivity contribution in [2.75, 3.05) is 20.4 Å². The molecule has 0 saturated carbocycles. The van der Waals surface area contributed by atoms with Gasteiger partial charge in [-0.25, -0.2) is 9.59 Å². The predicted molar refractivity (Wildman–Crippen MR) is 100 cm³/mol. The van der Waals surface area contributed by atoms with Crippen LogP contribution < -0.4 is 0 Å². The van der Waals surface area contributed by atoms with Gasteiger partial charge in [-0.3, -0.25) is 4.90 Å². The van der Waals surface area contributed by atoms with Gasteiger partial charge in [-0.05, 0) is 52.3 Å². The van der Waals surface area contributed by atoms with E-state index in [0.29, 0.717) is 5.02 Å². The molecule has 6 nitrogen and oxygen atoms in total. The number of benzene rings is 1. The molecule has 0 aliphatic carbocycles. The van der Waals surface area contributed by atoms with Gasteiger partial charge in [0.1, 0.15) is 17.9 Å². The van der Waals surface area contributed by atoms with Crippen LogP contribution >= 0.6 is 11.6 Å². The van der Waals surface area contributed by atoms with Crippen molar-refractivity contribution in [3.8, 4) is 0 Å². The zero-order valence-corrected chi connectivity index (χ0v) is 17.1. The zero-order valence-electron chi connectivity index (χ0n) is 16.3. The molecule has 0 aliphatic heterocycles. The van der Waals surface area contributed by atoms with Gasteiger partial charge in [0.15, 0.2) is 0 Å². The van der Waals surface area contributed by atoms with E-state index in [-0.39, 0.29) is 19.8 Å². The normalized spacial score (nSPS) is 13.7. The molecule has 146 valence electrons. The summed E-state index contributed by atoms with van der Waals surface area (Å²) in [5, 5.41) is 0.590. The summed E-state index contributed by atoms with van der Waals surface area (Å²) in [5.41, 5.74) is -1.18. The van der Waals surface area contributed by atoms with Crippen LogP contribution in [0.25, 0.3) is 0 Å². The number of rotatable bonds is 7. The van der Waals surface area contributed by atoms with Gasteiger partial charge in [-0.2, -0.15) is 0 Å². The van der Waals surface area contributed by atoms with Gasteiger partial charge in [-0.15, -0.1) is 0 Å². The Bertz CT molecular complexity index is 611. The van der Waals surface area contributed by atoms with Crippen molar-refractivity contribution in [3.63, 3.8) is 0 Å². The molecule has 1 rings (SSSR count). The number of hydrogen-bond acceptors (Lipinski definition) is 5. The minimum atomic E-state index is -1.30. The Hall–Kier alpha value is -1.79. The number of methoxy groups -OCH3 is 1. The van der Waals surface area contributed by atoms with Crippen LogP contribution in [0.3, 0.4) is 0 Å². The van der Waals surface area contributed by atoms with E-state index in [2.05, 4.69) is 0 Å². The fourth-order valence-electron chi connectivity index (χ4n) is 2.41. The van der Waals surface area contributed by atoms with Gasteiger partial charge in [0.25, 0.3) is 0 Å². The molecule has 0 unspecified atom stereocenters. The van der Waals surface area contributed by atoms with Crippen molar-refractivity contribution >= 4 is 23.7 Å². The average molecular weight is 386 g/mol. The van der Waals surface area contributed by atoms with E-state index in [1.165, 1.54) is 12.0 Å². The van der Waals surface area contributed by atoms with Crippen LogP contribution in [0.2, 0.25) is 5.02 Å². The molecule has 0 bridgehead atoms. The smallest absolute Gasteiger partial charge is 0.413 e. The summed E-state index contributed by atoms with van der Waals surface area (Å²) in [6, 6.07) is 7.08. The van der Waals surface area contributed by atoms with E-state index < -0.39 is 23.2 Å². The molecule has 0 fully saturated rings. The SMILES string of the molecule is CCOC(=O)[C@](C)(Cc1ccc(Cl)cc1)N(COC)C(=O)OC(C)(C)C. The summed E-state index contributed by atoms with van der Waals surface area (Å²) >= 11 is 5.93. The van der Waals surface area contributed by atoms with E-state index in [1.54, 1.807) is 58.9 Å². The van der Waals surface area contributed by atoms with Gasteiger partial charge in [0.2, 0.25) is 0 Å². The third-order valence-electron chi connectivity index (χ3n) is 3.64. The molecule has 0 radical (unpaired) electrons. The highest BCUT2D eigenvalue weighted by atomic mass is 35.5. The van der Waals surface area contributed by atoms with Crippen LogP contribution in [0, 0.1) is 0 Å². The van der Waals surface area contributed by atoms with Crippen LogP contribution in [-0.4, -0.2) is 48.5 Å². The Morgan fingerprint density at radius 3 is 2.15 bits per heavy atom. The number of esters is 1. The summed E-state index contributed by atoms with van der Waals surface area (Å²) in [6.07, 6.45) is -0.421. The van der Waals surface area contributed by atoms with Crippen LogP contribution in [0.15, 0.2) is 24.3 Å². The predicted octanol–water partition coefficient (Wildman–Crippen LogP) is 4.05. The molecule has 0 N–H and O–H groups in total. The third-order valence-corrected chi connectivity index (χ3v) is 3.90. The van der Waals surface area contributed by atoms with E-state index in [4.69, 9.17) is 25.8 Å². The lowest BCUT2D eigenvalue weighted by Crippen LogP contribution is -2.58. The zero-order chi connectivity index (χ0) is 20.0. The second-order valence-electron chi connectivity index (χ2n) is 7.12. The molecule has 1 aromatic rings. The molecular formula is C19H28ClNO5. The number of carbonyl (C=O) groups is 2. The fraction of sp³-hybridized carbons (Fsp3) is 0.579. The number of halogens is 1. The third kappa shape index (κ3) is 6.18. The second-order valence-corrected chi connectivity index (χ2v) is 7.56. The highest BCUT2D eigenvalue weighted by molar-refractivity contribution is 6.30. The van der Waals surface area contributed by atoms with Crippen molar-refractivity contribution < 1.29 is 23.8 Å². The van der Waals surface area contributed by atoms with E-state index in [9.17, 15) is 9.59 Å². The van der Waals surface area contributed by atoms with Crippen LogP contribution in [-0.2, 0) is 25.4 Å². The molecular weight excluding hydrogens is 358 g/mol. The van der Waals surface area contributed by atoms with E-state index in [0.717, 1.165) is 5.56 Å². The summed E-state index contributed by atoms with van der Waals surface area (Å²) in [5.74, 6) is -0.530. The van der Waals surface area contributed by atoms with Crippen molar-refractivity contribution in [2.45, 2.75) is 52.2 Å². The maximum Gasteiger partial charge on any atom is 0.413 e. The van der Waals surface area contributed by atoms with Crippen LogP contribution in [0.1, 0.15) is 40.2 Å². The number of carbonyl (C=O) groups excluding carboxylic acids is 2. The molecule has 1 atom stereocenters. The first-order valence-electron chi connectivity index (χ1n) is 8.44. The highest BCUT2D eigenvalue weighted by Crippen LogP contribution is 2.26. The Morgan fingerprint density at radius 1 is 1.12 bits per heavy atom. The molecule has 7 heteroatoms. The Kier molecular flexibility index (Phi) is 7.90. The van der Waals surface area contributed by atoms with Gasteiger partial charge in [0, 0.05) is 18.6 Å². The second kappa shape index (κ2) is 9.24. The highest BCUT2D eigenvalue weighted by Gasteiger charge is 2.45. The van der Waals surface area contributed by atoms with Gasteiger partial charge in [0.05, 0.1) is 6.61 Å².